The highest BCUT2D eigenvalue weighted by Crippen LogP contribution is 2.29. The van der Waals surface area contributed by atoms with Gasteiger partial charge in [0.05, 0.1) is 5.56 Å². The van der Waals surface area contributed by atoms with Crippen molar-refractivity contribution in [2.45, 2.75) is 52.9 Å². The van der Waals surface area contributed by atoms with Gasteiger partial charge in [0, 0.05) is 18.0 Å². The second kappa shape index (κ2) is 22.6. The molecule has 4 heterocycles. The highest BCUT2D eigenvalue weighted by atomic mass is 79.9. The molecule has 4 aromatic heterocycles. The number of amides is 1. The minimum atomic E-state index is -4.53. The number of halogens is 7. The maximum atomic E-state index is 12.1. The Balaban J connectivity index is 0.000000283. The van der Waals surface area contributed by atoms with Crippen molar-refractivity contribution in [3.63, 3.8) is 0 Å². The van der Waals surface area contributed by atoms with E-state index in [2.05, 4.69) is 50.7 Å². The minimum absolute atomic E-state index is 0.0738. The Morgan fingerprint density at radius 1 is 0.733 bits per heavy atom. The molecule has 1 amide bonds. The van der Waals surface area contributed by atoms with E-state index in [1.165, 1.54) is 18.5 Å². The Hall–Kier alpha value is -5.72. The highest BCUT2D eigenvalue weighted by Gasteiger charge is 2.29. The van der Waals surface area contributed by atoms with E-state index < -0.39 is 54.6 Å². The van der Waals surface area contributed by atoms with Crippen molar-refractivity contribution in [2.24, 2.45) is 5.16 Å². The molecular weight excluding hydrogens is 918 g/mol. The van der Waals surface area contributed by atoms with Gasteiger partial charge in [-0.05, 0) is 101 Å². The van der Waals surface area contributed by atoms with E-state index in [0.29, 0.717) is 63.8 Å². The fraction of sp³-hybridized carbons (Fsp3) is 0.278. The molecule has 0 unspecified atom stereocenters. The van der Waals surface area contributed by atoms with E-state index >= 15 is 0 Å². The van der Waals surface area contributed by atoms with Gasteiger partial charge in [0.1, 0.15) is 22.4 Å². The first-order chi connectivity index (χ1) is 28.4. The molecule has 0 bridgehead atoms. The molecule has 0 saturated carbocycles. The number of nitrogens with zero attached hydrogens (tertiary/aromatic N) is 5. The molecule has 0 radical (unpaired) electrons. The van der Waals surface area contributed by atoms with Crippen LogP contribution in [0.4, 0.5) is 26.3 Å². The van der Waals surface area contributed by atoms with E-state index in [1.54, 1.807) is 11.5 Å². The average molecular weight is 950 g/mol. The molecular formula is C36H31BrF6N6O9S2. The number of hydroxylamine groups is 1. The van der Waals surface area contributed by atoms with Crippen molar-refractivity contribution in [1.29, 1.82) is 0 Å². The standard InChI is InChI=1S/C18H15BrF3N3O2.C18H16F3N3O3.2O2S/c1-3-11-7-12(16(19)25-26-9-18(20,21)22)8-23-15(11)17-24-13-6-10(2)4-5-14(13)27-17;1-3-11-7-12(16(25)24-26-9-18(19,20)21)8-22-15(11)17-23-13-6-10(2)4-5-14(13)27-17;2*1-3-2/h4-8H,3,9H2,1-2H3;4-8H,3,9H2,1-2H3,(H,24,25);;/b25-16-;;;. The van der Waals surface area contributed by atoms with Crippen LogP contribution in [0.3, 0.4) is 0 Å². The second-order valence-electron chi connectivity index (χ2n) is 11.9. The van der Waals surface area contributed by atoms with Gasteiger partial charge in [0.15, 0.2) is 22.4 Å². The molecule has 0 aliphatic carbocycles. The van der Waals surface area contributed by atoms with Gasteiger partial charge in [-0.25, -0.2) is 15.4 Å². The number of rotatable bonds is 10. The molecule has 1 N–H and O–H groups in total. The van der Waals surface area contributed by atoms with Crippen LogP contribution in [0.25, 0.3) is 45.4 Å². The number of fused-ring (bicyclic) bond motifs is 2. The lowest BCUT2D eigenvalue weighted by molar-refractivity contribution is -0.184. The molecule has 60 heavy (non-hydrogen) atoms. The Morgan fingerprint density at radius 2 is 1.17 bits per heavy atom. The van der Waals surface area contributed by atoms with E-state index in [9.17, 15) is 31.1 Å². The topological polar surface area (TPSA) is 206 Å². The number of carbonyl (C=O) groups excluding carboxylic acids is 1. The van der Waals surface area contributed by atoms with Crippen molar-refractivity contribution >= 4 is 71.8 Å². The zero-order valence-electron chi connectivity index (χ0n) is 31.5. The number of nitrogens with one attached hydrogen (secondary N) is 1. The molecule has 0 atom stereocenters. The molecule has 2 aromatic carbocycles. The van der Waals surface area contributed by atoms with Crippen LogP contribution in [-0.2, 0) is 45.7 Å². The fourth-order valence-corrected chi connectivity index (χ4v) is 5.24. The van der Waals surface area contributed by atoms with Crippen molar-refractivity contribution in [3.8, 4) is 23.2 Å². The molecule has 320 valence electrons. The summed E-state index contributed by atoms with van der Waals surface area (Å²) in [6.07, 6.45) is -5.13. The summed E-state index contributed by atoms with van der Waals surface area (Å²) in [5.41, 5.74) is 9.66. The van der Waals surface area contributed by atoms with Gasteiger partial charge in [0.25, 0.3) is 5.91 Å². The largest absolute Gasteiger partial charge is 0.435 e. The number of hydrogen-bond acceptors (Lipinski definition) is 14. The van der Waals surface area contributed by atoms with Crippen LogP contribution >= 0.6 is 15.9 Å². The normalized spacial score (nSPS) is 11.3. The van der Waals surface area contributed by atoms with Crippen molar-refractivity contribution in [1.82, 2.24) is 25.4 Å². The predicted molar refractivity (Wildman–Crippen MR) is 207 cm³/mol. The molecule has 6 rings (SSSR count). The van der Waals surface area contributed by atoms with Crippen molar-refractivity contribution < 1.29 is 66.5 Å². The predicted octanol–water partition coefficient (Wildman–Crippen LogP) is 8.04. The molecule has 0 saturated heterocycles. The number of benzene rings is 2. The Morgan fingerprint density at radius 3 is 1.60 bits per heavy atom. The maximum absolute atomic E-state index is 12.1. The summed E-state index contributed by atoms with van der Waals surface area (Å²) in [6, 6.07) is 14.6. The number of carbonyl (C=O) groups is 1. The van der Waals surface area contributed by atoms with Gasteiger partial charge < -0.3 is 13.7 Å². The first-order valence-corrected chi connectivity index (χ1v) is 19.0. The van der Waals surface area contributed by atoms with Gasteiger partial charge in [-0.3, -0.25) is 19.6 Å². The van der Waals surface area contributed by atoms with Crippen LogP contribution in [0.15, 0.2) is 74.9 Å². The van der Waals surface area contributed by atoms with Crippen LogP contribution < -0.4 is 5.48 Å². The summed E-state index contributed by atoms with van der Waals surface area (Å²) in [5.74, 6) is -0.116. The summed E-state index contributed by atoms with van der Waals surface area (Å²) in [5, 5.41) is 3.44. The number of oxime groups is 1. The Bertz CT molecular complexity index is 2510. The average Bonchev–Trinajstić information content (AvgIpc) is 3.81. The van der Waals surface area contributed by atoms with Crippen molar-refractivity contribution in [2.75, 3.05) is 13.2 Å². The van der Waals surface area contributed by atoms with Crippen LogP contribution in [0.2, 0.25) is 0 Å². The number of aryl methyl sites for hydroxylation is 4. The summed E-state index contributed by atoms with van der Waals surface area (Å²) >= 11 is 1.61. The summed E-state index contributed by atoms with van der Waals surface area (Å²) in [6.45, 7) is 4.66. The molecule has 0 spiro atoms. The van der Waals surface area contributed by atoms with Crippen LogP contribution in [0, 0.1) is 13.8 Å². The summed E-state index contributed by atoms with van der Waals surface area (Å²) in [7, 11) is 0. The van der Waals surface area contributed by atoms with Crippen molar-refractivity contribution in [3.05, 3.63) is 94.3 Å². The number of hydrogen-bond donors (Lipinski definition) is 1. The maximum Gasteiger partial charge on any atom is 0.425 e. The van der Waals surface area contributed by atoms with E-state index in [4.69, 9.17) is 25.7 Å². The van der Waals surface area contributed by atoms with Crippen LogP contribution in [0.5, 0.6) is 0 Å². The van der Waals surface area contributed by atoms with Gasteiger partial charge in [-0.15, -0.1) is 0 Å². The minimum Gasteiger partial charge on any atom is -0.435 e. The lowest BCUT2D eigenvalue weighted by Crippen LogP contribution is -2.29. The second-order valence-corrected chi connectivity index (χ2v) is 12.9. The third-order valence-electron chi connectivity index (χ3n) is 7.46. The van der Waals surface area contributed by atoms with Gasteiger partial charge in [-0.1, -0.05) is 31.1 Å². The SMILES string of the molecule is CCc1cc(/C(Br)=N/OCC(F)(F)F)cnc1-c1nc2cc(C)ccc2o1.CCc1cc(C(=O)NOCC(F)(F)F)cnc1-c1nc2cc(C)ccc2o1.O=S=O.O=S=O. The third-order valence-corrected chi connectivity index (χ3v) is 8.06. The Labute approximate surface area is 351 Å². The zero-order valence-corrected chi connectivity index (χ0v) is 34.7. The van der Waals surface area contributed by atoms with E-state index in [1.807, 2.05) is 64.1 Å². The summed E-state index contributed by atoms with van der Waals surface area (Å²) in [4.78, 5) is 37.9. The quantitative estimate of drug-likeness (QED) is 0.0785. The van der Waals surface area contributed by atoms with Gasteiger partial charge in [-0.2, -0.15) is 43.2 Å². The fourth-order valence-electron chi connectivity index (χ4n) is 4.92. The summed E-state index contributed by atoms with van der Waals surface area (Å²) < 4.78 is 117. The number of oxazole rings is 2. The smallest absolute Gasteiger partial charge is 0.425 e. The van der Waals surface area contributed by atoms with Crippen LogP contribution in [0.1, 0.15) is 52.0 Å². The number of pyridine rings is 2. The molecule has 6 aromatic rings. The highest BCUT2D eigenvalue weighted by molar-refractivity contribution is 9.18. The van der Waals surface area contributed by atoms with E-state index in [-0.39, 0.29) is 10.2 Å². The Kier molecular flexibility index (Phi) is 18.3. The molecule has 0 aliphatic rings. The molecule has 24 heteroatoms. The lowest BCUT2D eigenvalue weighted by Gasteiger charge is -2.09. The third kappa shape index (κ3) is 14.8. The molecule has 0 aliphatic heterocycles. The molecule has 15 nitrogen and oxygen atoms in total. The first-order valence-electron chi connectivity index (χ1n) is 16.8. The van der Waals surface area contributed by atoms with Gasteiger partial charge >= 0.3 is 35.5 Å². The van der Waals surface area contributed by atoms with Crippen LogP contribution in [-0.4, -0.2) is 72.9 Å². The number of aromatic nitrogens is 4. The lowest BCUT2D eigenvalue weighted by atomic mass is 10.1. The van der Waals surface area contributed by atoms with Gasteiger partial charge in [0.2, 0.25) is 18.4 Å². The van der Waals surface area contributed by atoms with E-state index in [0.717, 1.165) is 22.2 Å². The monoisotopic (exact) mass is 948 g/mol. The first kappa shape index (κ1) is 48.6. The molecule has 0 fully saturated rings. The zero-order chi connectivity index (χ0) is 44.6. The number of alkyl halides is 6.